The number of halogens is 4. The molecule has 0 fully saturated rings. The summed E-state index contributed by atoms with van der Waals surface area (Å²) in [6, 6.07) is 6.35. The lowest BCUT2D eigenvalue weighted by atomic mass is 10.2. The summed E-state index contributed by atoms with van der Waals surface area (Å²) in [6.45, 7) is 1.51. The number of aromatic nitrogens is 3. The van der Waals surface area contributed by atoms with Crippen molar-refractivity contribution >= 4 is 11.6 Å². The van der Waals surface area contributed by atoms with Gasteiger partial charge < -0.3 is 15.0 Å². The first-order chi connectivity index (χ1) is 13.6. The quantitative estimate of drug-likeness (QED) is 0.642. The topological polar surface area (TPSA) is 97.0 Å². The number of H-pyrrole nitrogens is 1. The van der Waals surface area contributed by atoms with Crippen LogP contribution in [0.15, 0.2) is 47.4 Å². The van der Waals surface area contributed by atoms with Gasteiger partial charge in [-0.1, -0.05) is 0 Å². The molecule has 0 radical (unpaired) electrons. The molecule has 0 aliphatic heterocycles. The van der Waals surface area contributed by atoms with Gasteiger partial charge in [0.25, 0.3) is 11.8 Å². The van der Waals surface area contributed by atoms with Crippen LogP contribution < -0.4 is 15.6 Å². The van der Waals surface area contributed by atoms with Gasteiger partial charge in [-0.3, -0.25) is 9.59 Å². The van der Waals surface area contributed by atoms with E-state index in [2.05, 4.69) is 20.5 Å². The van der Waals surface area contributed by atoms with Crippen molar-refractivity contribution in [2.75, 3.05) is 5.32 Å². The minimum absolute atomic E-state index is 0.0820. The SMILES string of the molecule is Cc1cc(F)ccc1Oc1nnc(C(F)(F)F)cc1C(=O)Nc1ccc(=O)[nH]c1. The maximum atomic E-state index is 13.3. The molecule has 1 aromatic carbocycles. The normalized spacial score (nSPS) is 11.2. The Hall–Kier alpha value is -3.76. The van der Waals surface area contributed by atoms with E-state index < -0.39 is 40.6 Å². The molecule has 3 rings (SSSR count). The largest absolute Gasteiger partial charge is 0.437 e. The number of carbonyl (C=O) groups is 1. The molecule has 29 heavy (non-hydrogen) atoms. The predicted octanol–water partition coefficient (Wildman–Crippen LogP) is 3.68. The summed E-state index contributed by atoms with van der Waals surface area (Å²) < 4.78 is 57.7. The number of nitrogens with one attached hydrogen (secondary N) is 2. The first kappa shape index (κ1) is 20.0. The van der Waals surface area contributed by atoms with Gasteiger partial charge >= 0.3 is 6.18 Å². The molecule has 0 aliphatic rings. The molecule has 3 aromatic rings. The van der Waals surface area contributed by atoms with Crippen LogP contribution in [0.4, 0.5) is 23.2 Å². The number of amides is 1. The Kier molecular flexibility index (Phi) is 5.31. The van der Waals surface area contributed by atoms with Crippen LogP contribution in [0.3, 0.4) is 0 Å². The van der Waals surface area contributed by atoms with Crippen LogP contribution in [0.1, 0.15) is 21.6 Å². The average molecular weight is 408 g/mol. The first-order valence-electron chi connectivity index (χ1n) is 8.02. The zero-order chi connectivity index (χ0) is 21.2. The Bertz CT molecular complexity index is 1110. The molecule has 1 amide bonds. The summed E-state index contributed by atoms with van der Waals surface area (Å²) in [6.07, 6.45) is -3.67. The third kappa shape index (κ3) is 4.75. The summed E-state index contributed by atoms with van der Waals surface area (Å²) in [4.78, 5) is 26.0. The average Bonchev–Trinajstić information content (AvgIpc) is 2.65. The van der Waals surface area contributed by atoms with Gasteiger partial charge in [-0.15, -0.1) is 10.2 Å². The number of hydrogen-bond acceptors (Lipinski definition) is 5. The van der Waals surface area contributed by atoms with Gasteiger partial charge in [-0.2, -0.15) is 13.2 Å². The highest BCUT2D eigenvalue weighted by Gasteiger charge is 2.35. The molecule has 0 aliphatic carbocycles. The standard InChI is InChI=1S/C18H12F4N4O3/c1-9-6-10(19)2-4-13(9)29-17-12(7-14(25-26-17)18(20,21)22)16(28)24-11-3-5-15(27)23-8-11/h2-8H,1H3,(H,23,27)(H,24,28). The molecule has 150 valence electrons. The molecular formula is C18H12F4N4O3. The smallest absolute Gasteiger partial charge is 0.435 e. The maximum absolute atomic E-state index is 13.3. The van der Waals surface area contributed by atoms with Crippen LogP contribution in [0.5, 0.6) is 11.6 Å². The molecular weight excluding hydrogens is 396 g/mol. The second-order valence-corrected chi connectivity index (χ2v) is 5.85. The number of ether oxygens (including phenoxy) is 1. The number of alkyl halides is 3. The molecule has 0 unspecified atom stereocenters. The van der Waals surface area contributed by atoms with Crippen molar-refractivity contribution in [2.45, 2.75) is 13.1 Å². The number of hydrogen-bond donors (Lipinski definition) is 2. The lowest BCUT2D eigenvalue weighted by Crippen LogP contribution is -2.18. The van der Waals surface area contributed by atoms with Gasteiger partial charge in [0.1, 0.15) is 17.1 Å². The summed E-state index contributed by atoms with van der Waals surface area (Å²) >= 11 is 0. The Labute approximate surface area is 160 Å². The highest BCUT2D eigenvalue weighted by Crippen LogP contribution is 2.32. The zero-order valence-electron chi connectivity index (χ0n) is 14.7. The number of rotatable bonds is 4. The van der Waals surface area contributed by atoms with E-state index in [1.165, 1.54) is 25.3 Å². The summed E-state index contributed by atoms with van der Waals surface area (Å²) in [5, 5.41) is 8.76. The molecule has 0 spiro atoms. The number of anilines is 1. The molecule has 0 atom stereocenters. The molecule has 11 heteroatoms. The Morgan fingerprint density at radius 3 is 2.52 bits per heavy atom. The number of pyridine rings is 1. The summed E-state index contributed by atoms with van der Waals surface area (Å²) in [5.41, 5.74) is -1.92. The van der Waals surface area contributed by atoms with Crippen molar-refractivity contribution in [1.29, 1.82) is 0 Å². The van der Waals surface area contributed by atoms with Crippen molar-refractivity contribution in [3.05, 3.63) is 75.6 Å². The van der Waals surface area contributed by atoms with Crippen molar-refractivity contribution in [3.63, 3.8) is 0 Å². The van der Waals surface area contributed by atoms with E-state index in [9.17, 15) is 27.2 Å². The van der Waals surface area contributed by atoms with E-state index in [4.69, 9.17) is 4.74 Å². The minimum Gasteiger partial charge on any atom is -0.437 e. The van der Waals surface area contributed by atoms with Crippen LogP contribution in [0.25, 0.3) is 0 Å². The highest BCUT2D eigenvalue weighted by atomic mass is 19.4. The number of carbonyl (C=O) groups excluding carboxylic acids is 1. The molecule has 0 saturated heterocycles. The van der Waals surface area contributed by atoms with Crippen molar-refractivity contribution < 1.29 is 27.1 Å². The van der Waals surface area contributed by atoms with Crippen molar-refractivity contribution in [2.24, 2.45) is 0 Å². The van der Waals surface area contributed by atoms with E-state index in [0.717, 1.165) is 18.2 Å². The van der Waals surface area contributed by atoms with E-state index in [-0.39, 0.29) is 11.4 Å². The second-order valence-electron chi connectivity index (χ2n) is 5.85. The Morgan fingerprint density at radius 1 is 1.14 bits per heavy atom. The van der Waals surface area contributed by atoms with Gasteiger partial charge in [0, 0.05) is 12.3 Å². The van der Waals surface area contributed by atoms with Crippen LogP contribution >= 0.6 is 0 Å². The fourth-order valence-corrected chi connectivity index (χ4v) is 2.28. The third-order valence-corrected chi connectivity index (χ3v) is 3.68. The van der Waals surface area contributed by atoms with E-state index in [0.29, 0.717) is 11.6 Å². The van der Waals surface area contributed by atoms with E-state index >= 15 is 0 Å². The fraction of sp³-hybridized carbons (Fsp3) is 0.111. The van der Waals surface area contributed by atoms with Gasteiger partial charge in [-0.25, -0.2) is 4.39 Å². The lowest BCUT2D eigenvalue weighted by Gasteiger charge is -2.13. The second kappa shape index (κ2) is 7.70. The number of nitrogens with zero attached hydrogens (tertiary/aromatic N) is 2. The number of aromatic amines is 1. The predicted molar refractivity (Wildman–Crippen MR) is 93.3 cm³/mol. The maximum Gasteiger partial charge on any atom is 0.435 e. The van der Waals surface area contributed by atoms with Gasteiger partial charge in [-0.05, 0) is 42.8 Å². The van der Waals surface area contributed by atoms with E-state index in [1.54, 1.807) is 0 Å². The summed E-state index contributed by atoms with van der Waals surface area (Å²) in [5.74, 6) is -1.94. The highest BCUT2D eigenvalue weighted by molar-refractivity contribution is 6.05. The van der Waals surface area contributed by atoms with Crippen LogP contribution in [-0.2, 0) is 6.18 Å². The van der Waals surface area contributed by atoms with Crippen molar-refractivity contribution in [1.82, 2.24) is 15.2 Å². The zero-order valence-corrected chi connectivity index (χ0v) is 14.7. The molecule has 2 N–H and O–H groups in total. The van der Waals surface area contributed by atoms with Gasteiger partial charge in [0.15, 0.2) is 5.69 Å². The third-order valence-electron chi connectivity index (χ3n) is 3.68. The fourth-order valence-electron chi connectivity index (χ4n) is 2.28. The first-order valence-corrected chi connectivity index (χ1v) is 8.02. The monoisotopic (exact) mass is 408 g/mol. The summed E-state index contributed by atoms with van der Waals surface area (Å²) in [7, 11) is 0. The van der Waals surface area contributed by atoms with Crippen molar-refractivity contribution in [3.8, 4) is 11.6 Å². The van der Waals surface area contributed by atoms with E-state index in [1.807, 2.05) is 0 Å². The minimum atomic E-state index is -4.84. The van der Waals surface area contributed by atoms with Crippen LogP contribution in [0.2, 0.25) is 0 Å². The number of aryl methyl sites for hydroxylation is 1. The van der Waals surface area contributed by atoms with Gasteiger partial charge in [0.05, 0.1) is 5.69 Å². The number of benzene rings is 1. The molecule has 0 saturated carbocycles. The van der Waals surface area contributed by atoms with Crippen LogP contribution in [-0.4, -0.2) is 21.1 Å². The molecule has 2 aromatic heterocycles. The van der Waals surface area contributed by atoms with Crippen LogP contribution in [0, 0.1) is 12.7 Å². The Balaban J connectivity index is 2.00. The van der Waals surface area contributed by atoms with Gasteiger partial charge in [0.2, 0.25) is 5.56 Å². The lowest BCUT2D eigenvalue weighted by molar-refractivity contribution is -0.141. The molecule has 7 nitrogen and oxygen atoms in total. The Morgan fingerprint density at radius 2 is 1.90 bits per heavy atom. The molecule has 0 bridgehead atoms. The molecule has 2 heterocycles.